The number of fused-ring (bicyclic) bond motifs is 1. The number of hydrogen-bond acceptors (Lipinski definition) is 5. The van der Waals surface area contributed by atoms with Crippen LogP contribution < -0.4 is 0 Å². The number of benzene rings is 2. The summed E-state index contributed by atoms with van der Waals surface area (Å²) in [5.74, 6) is -0.836. The summed E-state index contributed by atoms with van der Waals surface area (Å²) in [5, 5.41) is 19.7. The Hall–Kier alpha value is -3.22. The summed E-state index contributed by atoms with van der Waals surface area (Å²) >= 11 is 0. The highest BCUT2D eigenvalue weighted by Crippen LogP contribution is 2.27. The van der Waals surface area contributed by atoms with Gasteiger partial charge in [-0.1, -0.05) is 6.07 Å². The third-order valence-corrected chi connectivity index (χ3v) is 2.94. The predicted molar refractivity (Wildman–Crippen MR) is 73.1 cm³/mol. The van der Waals surface area contributed by atoms with Crippen molar-refractivity contribution < 1.29 is 19.2 Å². The lowest BCUT2D eigenvalue weighted by Gasteiger charge is -1.97. The minimum absolute atomic E-state index is 0.0818. The molecule has 7 heteroatoms. The van der Waals surface area contributed by atoms with E-state index in [1.807, 2.05) is 0 Å². The van der Waals surface area contributed by atoms with E-state index in [1.165, 1.54) is 30.3 Å². The second-order valence-electron chi connectivity index (χ2n) is 4.31. The van der Waals surface area contributed by atoms with Crippen molar-refractivity contribution >= 4 is 22.8 Å². The highest BCUT2D eigenvalue weighted by molar-refractivity contribution is 5.89. The first-order valence-corrected chi connectivity index (χ1v) is 5.93. The average Bonchev–Trinajstić information content (AvgIpc) is 2.90. The molecule has 0 unspecified atom stereocenters. The van der Waals surface area contributed by atoms with Crippen molar-refractivity contribution in [3.05, 3.63) is 58.1 Å². The number of aromatic carboxylic acids is 1. The molecule has 1 heterocycles. The van der Waals surface area contributed by atoms with Crippen molar-refractivity contribution in [2.45, 2.75) is 0 Å². The van der Waals surface area contributed by atoms with Crippen LogP contribution in [-0.4, -0.2) is 21.0 Å². The quantitative estimate of drug-likeness (QED) is 0.585. The van der Waals surface area contributed by atoms with Crippen molar-refractivity contribution in [2.75, 3.05) is 0 Å². The van der Waals surface area contributed by atoms with E-state index < -0.39 is 10.9 Å². The molecular weight excluding hydrogens is 276 g/mol. The molecule has 2 aromatic carbocycles. The number of carboxylic acids is 1. The number of oxazole rings is 1. The second kappa shape index (κ2) is 4.71. The topological polar surface area (TPSA) is 106 Å². The predicted octanol–water partition coefficient (Wildman–Crippen LogP) is 3.10. The monoisotopic (exact) mass is 284 g/mol. The van der Waals surface area contributed by atoms with E-state index in [0.29, 0.717) is 16.7 Å². The molecule has 7 nitrogen and oxygen atoms in total. The third-order valence-electron chi connectivity index (χ3n) is 2.94. The molecule has 1 aromatic heterocycles. The Balaban J connectivity index is 2.10. The van der Waals surface area contributed by atoms with Crippen LogP contribution in [0.4, 0.5) is 5.69 Å². The van der Waals surface area contributed by atoms with Crippen LogP contribution >= 0.6 is 0 Å². The first-order valence-electron chi connectivity index (χ1n) is 5.93. The van der Waals surface area contributed by atoms with E-state index in [2.05, 4.69) is 4.98 Å². The highest BCUT2D eigenvalue weighted by atomic mass is 16.6. The maximum atomic E-state index is 11.0. The lowest BCUT2D eigenvalue weighted by atomic mass is 10.1. The number of nitro benzene ring substituents is 1. The van der Waals surface area contributed by atoms with Gasteiger partial charge >= 0.3 is 5.97 Å². The van der Waals surface area contributed by atoms with E-state index in [0.717, 1.165) is 0 Å². The Morgan fingerprint density at radius 2 is 2.05 bits per heavy atom. The number of rotatable bonds is 3. The molecule has 0 bridgehead atoms. The lowest BCUT2D eigenvalue weighted by Crippen LogP contribution is -1.95. The van der Waals surface area contributed by atoms with E-state index in [4.69, 9.17) is 9.52 Å². The van der Waals surface area contributed by atoms with E-state index in [9.17, 15) is 14.9 Å². The smallest absolute Gasteiger partial charge is 0.335 e. The van der Waals surface area contributed by atoms with Gasteiger partial charge in [0.25, 0.3) is 5.69 Å². The Bertz CT molecular complexity index is 869. The minimum Gasteiger partial charge on any atom is -0.478 e. The third kappa shape index (κ3) is 2.32. The van der Waals surface area contributed by atoms with Crippen LogP contribution in [0.15, 0.2) is 46.9 Å². The van der Waals surface area contributed by atoms with Gasteiger partial charge in [0.15, 0.2) is 5.58 Å². The number of nitrogens with zero attached hydrogens (tertiary/aromatic N) is 2. The largest absolute Gasteiger partial charge is 0.478 e. The van der Waals surface area contributed by atoms with Gasteiger partial charge in [0.1, 0.15) is 5.52 Å². The Labute approximate surface area is 117 Å². The zero-order valence-corrected chi connectivity index (χ0v) is 10.5. The molecule has 1 N–H and O–H groups in total. The minimum atomic E-state index is -1.05. The fourth-order valence-corrected chi connectivity index (χ4v) is 1.94. The van der Waals surface area contributed by atoms with Crippen LogP contribution in [0.5, 0.6) is 0 Å². The molecule has 0 amide bonds. The lowest BCUT2D eigenvalue weighted by molar-refractivity contribution is -0.384. The molecule has 0 spiro atoms. The molecular formula is C14H8N2O5. The van der Waals surface area contributed by atoms with Crippen LogP contribution in [0.1, 0.15) is 10.4 Å². The number of aromatic nitrogens is 1. The zero-order valence-electron chi connectivity index (χ0n) is 10.5. The van der Waals surface area contributed by atoms with Gasteiger partial charge in [0.05, 0.1) is 10.5 Å². The molecule has 0 atom stereocenters. The van der Waals surface area contributed by atoms with Gasteiger partial charge in [-0.05, 0) is 24.3 Å². The molecule has 3 rings (SSSR count). The Morgan fingerprint density at radius 1 is 1.24 bits per heavy atom. The zero-order chi connectivity index (χ0) is 15.0. The molecule has 0 aliphatic heterocycles. The number of non-ortho nitro benzene ring substituents is 1. The summed E-state index contributed by atoms with van der Waals surface area (Å²) < 4.78 is 5.50. The average molecular weight is 284 g/mol. The van der Waals surface area contributed by atoms with Crippen molar-refractivity contribution in [1.82, 2.24) is 4.98 Å². The molecule has 0 fully saturated rings. The summed E-state index contributed by atoms with van der Waals surface area (Å²) in [7, 11) is 0. The van der Waals surface area contributed by atoms with Crippen molar-refractivity contribution in [2.24, 2.45) is 0 Å². The number of nitro groups is 1. The van der Waals surface area contributed by atoms with Gasteiger partial charge in [-0.3, -0.25) is 10.1 Å². The molecule has 0 saturated heterocycles. The summed E-state index contributed by atoms with van der Waals surface area (Å²) in [5.41, 5.74) is 1.27. The number of hydrogen-bond donors (Lipinski definition) is 1. The Morgan fingerprint density at radius 3 is 2.76 bits per heavy atom. The van der Waals surface area contributed by atoms with Crippen LogP contribution in [0, 0.1) is 10.1 Å². The van der Waals surface area contributed by atoms with Gasteiger partial charge < -0.3 is 9.52 Å². The van der Waals surface area contributed by atoms with Crippen LogP contribution in [-0.2, 0) is 0 Å². The molecule has 0 saturated carbocycles. The van der Waals surface area contributed by atoms with Crippen molar-refractivity contribution in [1.29, 1.82) is 0 Å². The van der Waals surface area contributed by atoms with E-state index in [-0.39, 0.29) is 17.1 Å². The fourth-order valence-electron chi connectivity index (χ4n) is 1.94. The molecule has 21 heavy (non-hydrogen) atoms. The maximum absolute atomic E-state index is 11.0. The van der Waals surface area contributed by atoms with Crippen LogP contribution in [0.2, 0.25) is 0 Å². The first kappa shape index (κ1) is 12.8. The molecule has 0 radical (unpaired) electrons. The standard InChI is InChI=1S/C14H8N2O5/c17-14(18)9-3-1-2-8(6-9)13-15-11-7-10(16(19)20)4-5-12(11)21-13/h1-7H,(H,17,18). The van der Waals surface area contributed by atoms with Gasteiger partial charge in [-0.2, -0.15) is 0 Å². The number of carbonyl (C=O) groups is 1. The van der Waals surface area contributed by atoms with Gasteiger partial charge in [-0.15, -0.1) is 0 Å². The SMILES string of the molecule is O=C(O)c1cccc(-c2nc3cc([N+](=O)[O-])ccc3o2)c1. The summed E-state index contributed by atoms with van der Waals surface area (Å²) in [6, 6.07) is 10.2. The van der Waals surface area contributed by atoms with Crippen molar-refractivity contribution in [3.63, 3.8) is 0 Å². The Kier molecular flexibility index (Phi) is 2.87. The number of carboxylic acid groups (broad SMARTS) is 1. The normalized spacial score (nSPS) is 10.7. The van der Waals surface area contributed by atoms with Gasteiger partial charge in [0.2, 0.25) is 5.89 Å². The summed E-state index contributed by atoms with van der Waals surface area (Å²) in [6.45, 7) is 0. The maximum Gasteiger partial charge on any atom is 0.335 e. The summed E-state index contributed by atoms with van der Waals surface area (Å²) in [6.07, 6.45) is 0. The summed E-state index contributed by atoms with van der Waals surface area (Å²) in [4.78, 5) is 25.3. The second-order valence-corrected chi connectivity index (χ2v) is 4.31. The molecule has 3 aromatic rings. The van der Waals surface area contributed by atoms with Crippen molar-refractivity contribution in [3.8, 4) is 11.5 Å². The highest BCUT2D eigenvalue weighted by Gasteiger charge is 2.13. The van der Waals surface area contributed by atoms with E-state index in [1.54, 1.807) is 12.1 Å². The van der Waals surface area contributed by atoms with Crippen LogP contribution in [0.25, 0.3) is 22.6 Å². The van der Waals surface area contributed by atoms with Gasteiger partial charge in [-0.25, -0.2) is 9.78 Å². The fraction of sp³-hybridized carbons (Fsp3) is 0. The van der Waals surface area contributed by atoms with Crippen LogP contribution in [0.3, 0.4) is 0 Å². The molecule has 104 valence electrons. The first-order chi connectivity index (χ1) is 10.0. The molecule has 0 aliphatic rings. The molecule has 0 aliphatic carbocycles. The van der Waals surface area contributed by atoms with E-state index >= 15 is 0 Å². The van der Waals surface area contributed by atoms with Gasteiger partial charge in [0, 0.05) is 17.7 Å².